The van der Waals surface area contributed by atoms with E-state index >= 15 is 0 Å². The molecule has 1 amide bonds. The van der Waals surface area contributed by atoms with Gasteiger partial charge in [-0.05, 0) is 54.5 Å². The molecule has 0 bridgehead atoms. The minimum atomic E-state index is -2.75. The van der Waals surface area contributed by atoms with Gasteiger partial charge in [-0.1, -0.05) is 42.5 Å². The van der Waals surface area contributed by atoms with E-state index in [0.717, 1.165) is 27.4 Å². The standard InChI is InChI=1S/C27H28N4O4S3/c1-18(32)15-28-23(13-19-5-3-2-4-6-19)26(33)29-24(14-20-7-9-22(10-8-20)31-38(34)35)27-30-25(17-37-27)21-11-12-36-16-21/h2-12,16-17,23-24,28,38H,13-15H2,1H3,(H,29,33)(H,31,34,35)/t23-,24-/m0/s1. The summed E-state index contributed by atoms with van der Waals surface area (Å²) in [5.41, 5.74) is 4.23. The lowest BCUT2D eigenvalue weighted by atomic mass is 10.0. The Morgan fingerprint density at radius 3 is 2.34 bits per heavy atom. The Balaban J connectivity index is 1.58. The van der Waals surface area contributed by atoms with Crippen molar-refractivity contribution in [3.63, 3.8) is 0 Å². The molecule has 0 radical (unpaired) electrons. The molecule has 11 heteroatoms. The van der Waals surface area contributed by atoms with Gasteiger partial charge in [-0.3, -0.25) is 19.6 Å². The first-order valence-electron chi connectivity index (χ1n) is 11.9. The molecule has 2 atom stereocenters. The molecule has 4 rings (SSSR count). The van der Waals surface area contributed by atoms with Crippen LogP contribution in [-0.4, -0.2) is 37.7 Å². The number of ketones is 1. The van der Waals surface area contributed by atoms with Crippen LogP contribution in [-0.2, 0) is 33.3 Å². The summed E-state index contributed by atoms with van der Waals surface area (Å²) in [5, 5.41) is 13.0. The molecule has 4 aromatic rings. The SMILES string of the molecule is CC(=O)CN[C@@H](Cc1ccccc1)C(=O)N[C@@H](Cc1ccc(N[SH](=O)=O)cc1)c1nc(-c2ccsc2)cs1. The zero-order valence-electron chi connectivity index (χ0n) is 20.6. The number of thiazole rings is 1. The molecule has 38 heavy (non-hydrogen) atoms. The first-order chi connectivity index (χ1) is 18.4. The van der Waals surface area contributed by atoms with Gasteiger partial charge in [0.05, 0.1) is 24.3 Å². The average molecular weight is 569 g/mol. The number of nitrogens with zero attached hydrogens (tertiary/aromatic N) is 1. The highest BCUT2D eigenvalue weighted by molar-refractivity contribution is 7.73. The van der Waals surface area contributed by atoms with Crippen LogP contribution in [0.25, 0.3) is 11.3 Å². The van der Waals surface area contributed by atoms with Crippen LogP contribution in [0.1, 0.15) is 29.1 Å². The van der Waals surface area contributed by atoms with Gasteiger partial charge in [-0.2, -0.15) is 11.3 Å². The Hall–Kier alpha value is -3.38. The lowest BCUT2D eigenvalue weighted by molar-refractivity contribution is -0.124. The Morgan fingerprint density at radius 2 is 1.68 bits per heavy atom. The molecule has 3 N–H and O–H groups in total. The van der Waals surface area contributed by atoms with E-state index in [-0.39, 0.29) is 18.2 Å². The number of hydrogen-bond acceptors (Lipinski definition) is 8. The number of nitrogens with one attached hydrogen (secondary N) is 3. The highest BCUT2D eigenvalue weighted by Crippen LogP contribution is 2.29. The fraction of sp³-hybridized carbons (Fsp3) is 0.222. The lowest BCUT2D eigenvalue weighted by Gasteiger charge is -2.23. The molecule has 0 aliphatic heterocycles. The summed E-state index contributed by atoms with van der Waals surface area (Å²) in [7, 11) is -2.75. The first-order valence-corrected chi connectivity index (χ1v) is 14.9. The van der Waals surface area contributed by atoms with Gasteiger partial charge < -0.3 is 5.32 Å². The van der Waals surface area contributed by atoms with Crippen molar-refractivity contribution >= 4 is 50.9 Å². The summed E-state index contributed by atoms with van der Waals surface area (Å²) >= 11 is 3.07. The monoisotopic (exact) mass is 568 g/mol. The molecule has 0 saturated heterocycles. The summed E-state index contributed by atoms with van der Waals surface area (Å²) in [4.78, 5) is 30.1. The smallest absolute Gasteiger partial charge is 0.238 e. The fourth-order valence-corrected chi connectivity index (χ4v) is 5.78. The second kappa shape index (κ2) is 13.4. The van der Waals surface area contributed by atoms with E-state index in [1.807, 2.05) is 64.7 Å². The summed E-state index contributed by atoms with van der Waals surface area (Å²) in [6.07, 6.45) is 0.884. The topological polar surface area (TPSA) is 117 Å². The summed E-state index contributed by atoms with van der Waals surface area (Å²) < 4.78 is 24.3. The van der Waals surface area contributed by atoms with Crippen LogP contribution in [0.2, 0.25) is 0 Å². The third-order valence-electron chi connectivity index (χ3n) is 5.76. The number of hydrogen-bond donors (Lipinski definition) is 4. The van der Waals surface area contributed by atoms with Crippen molar-refractivity contribution < 1.29 is 18.0 Å². The normalized spacial score (nSPS) is 12.7. The number of thiophene rings is 1. The number of thiol groups is 1. The number of rotatable bonds is 13. The predicted octanol–water partition coefficient (Wildman–Crippen LogP) is 4.00. The Labute approximate surface area is 231 Å². The van der Waals surface area contributed by atoms with E-state index in [1.165, 1.54) is 18.3 Å². The van der Waals surface area contributed by atoms with Gasteiger partial charge in [0.15, 0.2) is 0 Å². The zero-order chi connectivity index (χ0) is 26.9. The Kier molecular flexibility index (Phi) is 9.77. The number of anilines is 1. The van der Waals surface area contributed by atoms with E-state index in [4.69, 9.17) is 4.98 Å². The van der Waals surface area contributed by atoms with Gasteiger partial charge in [0, 0.05) is 22.0 Å². The molecule has 0 saturated carbocycles. The third kappa shape index (κ3) is 8.06. The minimum absolute atomic E-state index is 0.0544. The summed E-state index contributed by atoms with van der Waals surface area (Å²) in [6.45, 7) is 1.57. The molecule has 0 fully saturated rings. The Bertz CT molecular complexity index is 1410. The largest absolute Gasteiger partial charge is 0.345 e. The fourth-order valence-electron chi connectivity index (χ4n) is 3.89. The number of benzene rings is 2. The van der Waals surface area contributed by atoms with Crippen LogP contribution >= 0.6 is 22.7 Å². The first kappa shape index (κ1) is 27.6. The second-order valence-corrected chi connectivity index (χ2v) is 11.1. The van der Waals surface area contributed by atoms with Crippen LogP contribution in [0.4, 0.5) is 5.69 Å². The molecular formula is C27H28N4O4S3. The molecule has 2 aromatic carbocycles. The molecule has 8 nitrogen and oxygen atoms in total. The highest BCUT2D eigenvalue weighted by atomic mass is 32.2. The molecular weight excluding hydrogens is 541 g/mol. The predicted molar refractivity (Wildman–Crippen MR) is 153 cm³/mol. The number of amides is 1. The highest BCUT2D eigenvalue weighted by Gasteiger charge is 2.25. The van der Waals surface area contributed by atoms with Gasteiger partial charge in [0.1, 0.15) is 10.8 Å². The van der Waals surface area contributed by atoms with E-state index in [1.54, 1.807) is 23.5 Å². The van der Waals surface area contributed by atoms with Crippen LogP contribution < -0.4 is 15.4 Å². The van der Waals surface area contributed by atoms with Crippen molar-refractivity contribution in [1.82, 2.24) is 15.6 Å². The van der Waals surface area contributed by atoms with E-state index < -0.39 is 23.0 Å². The van der Waals surface area contributed by atoms with Gasteiger partial charge in [0.25, 0.3) is 0 Å². The van der Waals surface area contributed by atoms with E-state index in [0.29, 0.717) is 18.5 Å². The molecule has 2 aromatic heterocycles. The van der Waals surface area contributed by atoms with Crippen LogP contribution in [0.5, 0.6) is 0 Å². The Morgan fingerprint density at radius 1 is 0.947 bits per heavy atom. The van der Waals surface area contributed by atoms with Gasteiger partial charge in [0.2, 0.25) is 16.8 Å². The molecule has 0 aliphatic rings. The van der Waals surface area contributed by atoms with Gasteiger partial charge >= 0.3 is 0 Å². The maximum Gasteiger partial charge on any atom is 0.238 e. The summed E-state index contributed by atoms with van der Waals surface area (Å²) in [6, 6.07) is 17.6. The van der Waals surface area contributed by atoms with Crippen LogP contribution in [0.15, 0.2) is 76.8 Å². The molecule has 198 valence electrons. The van der Waals surface area contributed by atoms with Crippen molar-refractivity contribution in [2.45, 2.75) is 31.8 Å². The number of Topliss-reactive ketones (excluding diaryl/α,β-unsaturated/α-hetero) is 1. The maximum atomic E-state index is 13.6. The zero-order valence-corrected chi connectivity index (χ0v) is 23.2. The third-order valence-corrected chi connectivity index (χ3v) is 7.85. The quantitative estimate of drug-likeness (QED) is 0.181. The van der Waals surface area contributed by atoms with Gasteiger partial charge in [-0.15, -0.1) is 11.3 Å². The average Bonchev–Trinajstić information content (AvgIpc) is 3.60. The number of aromatic nitrogens is 1. The van der Waals surface area contributed by atoms with Crippen molar-refractivity contribution in [2.24, 2.45) is 0 Å². The summed E-state index contributed by atoms with van der Waals surface area (Å²) in [5.74, 6) is -0.282. The number of carbonyl (C=O) groups excluding carboxylic acids is 2. The lowest BCUT2D eigenvalue weighted by Crippen LogP contribution is -2.48. The van der Waals surface area contributed by atoms with Gasteiger partial charge in [-0.25, -0.2) is 13.4 Å². The maximum absolute atomic E-state index is 13.6. The van der Waals surface area contributed by atoms with Crippen molar-refractivity contribution in [3.8, 4) is 11.3 Å². The van der Waals surface area contributed by atoms with Crippen molar-refractivity contribution in [3.05, 3.63) is 92.9 Å². The van der Waals surface area contributed by atoms with E-state index in [2.05, 4.69) is 15.4 Å². The van der Waals surface area contributed by atoms with Crippen molar-refractivity contribution in [2.75, 3.05) is 11.3 Å². The molecule has 2 heterocycles. The minimum Gasteiger partial charge on any atom is -0.345 e. The molecule has 0 spiro atoms. The molecule has 0 aliphatic carbocycles. The molecule has 0 unspecified atom stereocenters. The van der Waals surface area contributed by atoms with Crippen molar-refractivity contribution in [1.29, 1.82) is 0 Å². The van der Waals surface area contributed by atoms with E-state index in [9.17, 15) is 18.0 Å². The number of carbonyl (C=O) groups is 2. The van der Waals surface area contributed by atoms with Crippen LogP contribution in [0, 0.1) is 0 Å². The van der Waals surface area contributed by atoms with Crippen LogP contribution in [0.3, 0.4) is 0 Å². The second-order valence-electron chi connectivity index (χ2n) is 8.74.